The predicted octanol–water partition coefficient (Wildman–Crippen LogP) is 2.50. The van der Waals surface area contributed by atoms with Crippen LogP contribution in [0.5, 0.6) is 0 Å². The van der Waals surface area contributed by atoms with Crippen molar-refractivity contribution in [3.63, 3.8) is 0 Å². The molecular formula is C16H25N5. The highest BCUT2D eigenvalue weighted by Crippen LogP contribution is 2.29. The summed E-state index contributed by atoms with van der Waals surface area (Å²) < 4.78 is 4.09. The average Bonchev–Trinajstić information content (AvgIpc) is 3.05. The van der Waals surface area contributed by atoms with Gasteiger partial charge in [-0.15, -0.1) is 0 Å². The van der Waals surface area contributed by atoms with Crippen molar-refractivity contribution in [3.8, 4) is 5.69 Å². The van der Waals surface area contributed by atoms with Gasteiger partial charge in [0, 0.05) is 37.6 Å². The topological polar surface area (TPSA) is 38.9 Å². The van der Waals surface area contributed by atoms with Gasteiger partial charge in [-0.25, -0.2) is 4.98 Å². The molecule has 0 atom stereocenters. The van der Waals surface area contributed by atoms with E-state index >= 15 is 0 Å². The quantitative estimate of drug-likeness (QED) is 0.870. The number of rotatable bonds is 3. The lowest BCUT2D eigenvalue weighted by Crippen LogP contribution is -2.38. The Morgan fingerprint density at radius 2 is 1.95 bits per heavy atom. The number of imidazole rings is 1. The molecule has 0 saturated carbocycles. The molecule has 1 aliphatic rings. The summed E-state index contributed by atoms with van der Waals surface area (Å²) in [5, 5.41) is 4.45. The molecule has 1 saturated heterocycles. The van der Waals surface area contributed by atoms with Crippen LogP contribution in [-0.2, 0) is 7.05 Å². The van der Waals surface area contributed by atoms with Crippen molar-refractivity contribution in [1.82, 2.24) is 24.2 Å². The normalized spacial score (nSPS) is 17.8. The summed E-state index contributed by atoms with van der Waals surface area (Å²) in [7, 11) is 1.97. The Bertz CT molecular complexity index is 602. The van der Waals surface area contributed by atoms with Crippen LogP contribution in [0.2, 0.25) is 0 Å². The Balaban J connectivity index is 1.82. The lowest BCUT2D eigenvalue weighted by molar-refractivity contribution is 0.169. The first kappa shape index (κ1) is 14.3. The standard InChI is InChI=1S/C16H25N5/c1-12(2)20-8-5-14(6-9-20)16-17-7-10-21(16)15-11-19(4)18-13(15)3/h7,10-12,14H,5-6,8-9H2,1-4H3. The highest BCUT2D eigenvalue weighted by atomic mass is 15.3. The minimum atomic E-state index is 0.551. The van der Waals surface area contributed by atoms with Gasteiger partial charge >= 0.3 is 0 Å². The van der Waals surface area contributed by atoms with E-state index in [4.69, 9.17) is 0 Å². The molecular weight excluding hydrogens is 262 g/mol. The number of hydrogen-bond donors (Lipinski definition) is 0. The van der Waals surface area contributed by atoms with Crippen molar-refractivity contribution in [2.75, 3.05) is 13.1 Å². The minimum absolute atomic E-state index is 0.551. The third kappa shape index (κ3) is 2.75. The first-order chi connectivity index (χ1) is 10.1. The van der Waals surface area contributed by atoms with Crippen LogP contribution in [0, 0.1) is 6.92 Å². The molecule has 0 unspecified atom stereocenters. The number of likely N-dealkylation sites (tertiary alicyclic amines) is 1. The largest absolute Gasteiger partial charge is 0.301 e. The molecule has 2 aromatic rings. The summed E-state index contributed by atoms with van der Waals surface area (Å²) in [6.07, 6.45) is 8.43. The Kier molecular flexibility index (Phi) is 3.85. The van der Waals surface area contributed by atoms with Crippen LogP contribution in [0.4, 0.5) is 0 Å². The van der Waals surface area contributed by atoms with E-state index in [0.717, 1.165) is 11.4 Å². The Morgan fingerprint density at radius 3 is 2.52 bits per heavy atom. The molecule has 5 nitrogen and oxygen atoms in total. The molecule has 3 heterocycles. The summed E-state index contributed by atoms with van der Waals surface area (Å²) >= 11 is 0. The average molecular weight is 287 g/mol. The second kappa shape index (κ2) is 5.64. The van der Waals surface area contributed by atoms with Crippen molar-refractivity contribution >= 4 is 0 Å². The number of hydrogen-bond acceptors (Lipinski definition) is 3. The smallest absolute Gasteiger partial charge is 0.116 e. The van der Waals surface area contributed by atoms with Gasteiger partial charge in [0.1, 0.15) is 5.82 Å². The fourth-order valence-corrected chi connectivity index (χ4v) is 3.32. The molecule has 0 amide bonds. The van der Waals surface area contributed by atoms with Gasteiger partial charge in [0.05, 0.1) is 11.4 Å². The summed E-state index contributed by atoms with van der Waals surface area (Å²) in [5.41, 5.74) is 2.20. The third-order valence-corrected chi connectivity index (χ3v) is 4.54. The lowest BCUT2D eigenvalue weighted by Gasteiger charge is -2.34. The number of aromatic nitrogens is 4. The van der Waals surface area contributed by atoms with Gasteiger partial charge in [-0.3, -0.25) is 4.68 Å². The first-order valence-electron chi connectivity index (χ1n) is 7.84. The zero-order chi connectivity index (χ0) is 15.0. The SMILES string of the molecule is Cc1nn(C)cc1-n1ccnc1C1CCN(C(C)C)CC1. The van der Waals surface area contributed by atoms with Crippen LogP contribution in [0.25, 0.3) is 5.69 Å². The minimum Gasteiger partial charge on any atom is -0.301 e. The van der Waals surface area contributed by atoms with E-state index in [1.54, 1.807) is 0 Å². The molecule has 5 heteroatoms. The van der Waals surface area contributed by atoms with Crippen molar-refractivity contribution in [1.29, 1.82) is 0 Å². The second-order valence-electron chi connectivity index (χ2n) is 6.33. The maximum atomic E-state index is 4.64. The van der Waals surface area contributed by atoms with Crippen molar-refractivity contribution < 1.29 is 0 Å². The third-order valence-electron chi connectivity index (χ3n) is 4.54. The molecule has 0 radical (unpaired) electrons. The first-order valence-corrected chi connectivity index (χ1v) is 7.84. The Morgan fingerprint density at radius 1 is 1.24 bits per heavy atom. The molecule has 114 valence electrons. The molecule has 0 aliphatic carbocycles. The van der Waals surface area contributed by atoms with E-state index < -0.39 is 0 Å². The maximum absolute atomic E-state index is 4.64. The number of nitrogens with zero attached hydrogens (tertiary/aromatic N) is 5. The number of aryl methyl sites for hydroxylation is 2. The highest BCUT2D eigenvalue weighted by molar-refractivity contribution is 5.35. The summed E-state index contributed by atoms with van der Waals surface area (Å²) in [6.45, 7) is 8.95. The van der Waals surface area contributed by atoms with E-state index in [0.29, 0.717) is 12.0 Å². The van der Waals surface area contributed by atoms with E-state index in [9.17, 15) is 0 Å². The highest BCUT2D eigenvalue weighted by Gasteiger charge is 2.25. The van der Waals surface area contributed by atoms with Crippen LogP contribution < -0.4 is 0 Å². The zero-order valence-electron chi connectivity index (χ0n) is 13.5. The fourth-order valence-electron chi connectivity index (χ4n) is 3.32. The van der Waals surface area contributed by atoms with Gasteiger partial charge < -0.3 is 9.47 Å². The van der Waals surface area contributed by atoms with Gasteiger partial charge in [-0.2, -0.15) is 5.10 Å². The summed E-state index contributed by atoms with van der Waals surface area (Å²) in [6, 6.07) is 0.645. The van der Waals surface area contributed by atoms with Crippen LogP contribution in [-0.4, -0.2) is 43.4 Å². The van der Waals surface area contributed by atoms with Crippen molar-refractivity contribution in [2.24, 2.45) is 7.05 Å². The van der Waals surface area contributed by atoms with E-state index in [2.05, 4.69) is 52.7 Å². The van der Waals surface area contributed by atoms with Gasteiger partial charge in [0.2, 0.25) is 0 Å². The Labute approximate surface area is 126 Å². The monoisotopic (exact) mass is 287 g/mol. The van der Waals surface area contributed by atoms with Crippen molar-refractivity contribution in [2.45, 2.75) is 45.6 Å². The lowest BCUT2D eigenvalue weighted by atomic mass is 9.95. The molecule has 0 bridgehead atoms. The molecule has 0 spiro atoms. The van der Waals surface area contributed by atoms with Crippen LogP contribution in [0.15, 0.2) is 18.6 Å². The van der Waals surface area contributed by atoms with Gasteiger partial charge in [-0.05, 0) is 46.7 Å². The predicted molar refractivity (Wildman–Crippen MR) is 83.8 cm³/mol. The summed E-state index contributed by atoms with van der Waals surface area (Å²) in [5.74, 6) is 1.74. The van der Waals surface area contributed by atoms with Crippen LogP contribution in [0.3, 0.4) is 0 Å². The van der Waals surface area contributed by atoms with E-state index in [-0.39, 0.29) is 0 Å². The fraction of sp³-hybridized carbons (Fsp3) is 0.625. The number of piperidine rings is 1. The summed E-state index contributed by atoms with van der Waals surface area (Å²) in [4.78, 5) is 7.20. The van der Waals surface area contributed by atoms with Crippen LogP contribution in [0.1, 0.15) is 44.1 Å². The molecule has 1 fully saturated rings. The van der Waals surface area contributed by atoms with Gasteiger partial charge in [0.15, 0.2) is 0 Å². The Hall–Kier alpha value is -1.62. The maximum Gasteiger partial charge on any atom is 0.116 e. The van der Waals surface area contributed by atoms with E-state index in [1.807, 2.05) is 17.9 Å². The molecule has 1 aliphatic heterocycles. The van der Waals surface area contributed by atoms with Gasteiger partial charge in [-0.1, -0.05) is 0 Å². The molecule has 0 N–H and O–H groups in total. The van der Waals surface area contributed by atoms with Crippen LogP contribution >= 0.6 is 0 Å². The zero-order valence-corrected chi connectivity index (χ0v) is 13.5. The van der Waals surface area contributed by atoms with Crippen molar-refractivity contribution in [3.05, 3.63) is 30.1 Å². The molecule has 3 rings (SSSR count). The molecule has 0 aromatic carbocycles. The molecule has 2 aromatic heterocycles. The second-order valence-corrected chi connectivity index (χ2v) is 6.33. The van der Waals surface area contributed by atoms with E-state index in [1.165, 1.54) is 31.8 Å². The molecule has 21 heavy (non-hydrogen) atoms. The van der Waals surface area contributed by atoms with Gasteiger partial charge in [0.25, 0.3) is 0 Å².